The summed E-state index contributed by atoms with van der Waals surface area (Å²) < 4.78 is 14.2. The van der Waals surface area contributed by atoms with Crippen molar-refractivity contribution in [3.05, 3.63) is 34.1 Å². The van der Waals surface area contributed by atoms with Crippen LogP contribution in [0.1, 0.15) is 19.4 Å². The summed E-state index contributed by atoms with van der Waals surface area (Å²) in [5.74, 6) is 0.333. The predicted octanol–water partition coefficient (Wildman–Crippen LogP) is 5.56. The molecular weight excluding hydrogens is 415 g/mol. The van der Waals surface area contributed by atoms with E-state index in [2.05, 4.69) is 61.6 Å². The van der Waals surface area contributed by atoms with Gasteiger partial charge in [0.1, 0.15) is 5.82 Å². The molecular formula is C13H16Br3F. The Hall–Kier alpha value is 0.590. The molecule has 0 aromatic heterocycles. The Balaban J connectivity index is 3.01. The van der Waals surface area contributed by atoms with Gasteiger partial charge in [0.2, 0.25) is 0 Å². The van der Waals surface area contributed by atoms with Gasteiger partial charge in [-0.2, -0.15) is 0 Å². The second-order valence-electron chi connectivity index (χ2n) is 4.74. The minimum absolute atomic E-state index is 0.118. The van der Waals surface area contributed by atoms with Gasteiger partial charge in [0.15, 0.2) is 0 Å². The molecule has 0 aliphatic heterocycles. The van der Waals surface area contributed by atoms with Crippen molar-refractivity contribution in [1.29, 1.82) is 0 Å². The summed E-state index contributed by atoms with van der Waals surface area (Å²) in [5, 5.41) is 1.80. The summed E-state index contributed by atoms with van der Waals surface area (Å²) in [6.45, 7) is 4.41. The lowest BCUT2D eigenvalue weighted by atomic mass is 9.76. The first kappa shape index (κ1) is 15.6. The van der Waals surface area contributed by atoms with E-state index in [1.807, 2.05) is 6.07 Å². The van der Waals surface area contributed by atoms with Crippen LogP contribution in [-0.4, -0.2) is 10.7 Å². The first-order valence-electron chi connectivity index (χ1n) is 5.50. The Morgan fingerprint density at radius 3 is 2.18 bits per heavy atom. The molecule has 1 aromatic carbocycles. The minimum atomic E-state index is -0.184. The molecule has 1 rings (SSSR count). The van der Waals surface area contributed by atoms with Gasteiger partial charge in [-0.25, -0.2) is 4.39 Å². The third-order valence-electron chi connectivity index (χ3n) is 3.24. The lowest BCUT2D eigenvalue weighted by Crippen LogP contribution is -2.33. The Labute approximate surface area is 128 Å². The molecule has 0 atom stereocenters. The smallest absolute Gasteiger partial charge is 0.124 e. The van der Waals surface area contributed by atoms with Crippen molar-refractivity contribution < 1.29 is 4.39 Å². The molecule has 0 aliphatic carbocycles. The summed E-state index contributed by atoms with van der Waals surface area (Å²) in [4.78, 5) is 0. The topological polar surface area (TPSA) is 0 Å². The van der Waals surface area contributed by atoms with Crippen LogP contribution in [-0.2, 0) is 6.42 Å². The maximum absolute atomic E-state index is 13.4. The van der Waals surface area contributed by atoms with Crippen LogP contribution in [0.4, 0.5) is 4.39 Å². The minimum Gasteiger partial charge on any atom is -0.207 e. The van der Waals surface area contributed by atoms with Crippen LogP contribution < -0.4 is 0 Å². The van der Waals surface area contributed by atoms with Crippen LogP contribution in [0.3, 0.4) is 0 Å². The standard InChI is InChI=1S/C13H16Br3F/c1-9(2)13(7-14,8-15)6-10-3-11(16)5-12(17)4-10/h3-5,9H,6-8H2,1-2H3. The molecule has 0 spiro atoms. The monoisotopic (exact) mass is 428 g/mol. The highest BCUT2D eigenvalue weighted by molar-refractivity contribution is 9.10. The molecule has 0 bridgehead atoms. The van der Waals surface area contributed by atoms with Gasteiger partial charge in [0.05, 0.1) is 0 Å². The van der Waals surface area contributed by atoms with E-state index < -0.39 is 0 Å². The summed E-state index contributed by atoms with van der Waals surface area (Å²) in [7, 11) is 0. The second kappa shape index (κ2) is 6.67. The van der Waals surface area contributed by atoms with Crippen molar-refractivity contribution in [2.24, 2.45) is 11.3 Å². The van der Waals surface area contributed by atoms with Gasteiger partial charge in [-0.1, -0.05) is 61.6 Å². The predicted molar refractivity (Wildman–Crippen MR) is 82.7 cm³/mol. The van der Waals surface area contributed by atoms with Gasteiger partial charge in [0, 0.05) is 15.1 Å². The number of halogens is 4. The Kier molecular flexibility index (Phi) is 6.14. The van der Waals surface area contributed by atoms with E-state index in [0.29, 0.717) is 5.92 Å². The average molecular weight is 431 g/mol. The molecule has 0 saturated carbocycles. The zero-order valence-electron chi connectivity index (χ0n) is 9.94. The first-order chi connectivity index (χ1) is 7.93. The summed E-state index contributed by atoms with van der Waals surface area (Å²) in [6.07, 6.45) is 0.859. The number of benzene rings is 1. The fourth-order valence-electron chi connectivity index (χ4n) is 1.76. The van der Waals surface area contributed by atoms with Crippen molar-refractivity contribution in [3.63, 3.8) is 0 Å². The number of rotatable bonds is 5. The van der Waals surface area contributed by atoms with Gasteiger partial charge >= 0.3 is 0 Å². The van der Waals surface area contributed by atoms with E-state index in [9.17, 15) is 4.39 Å². The van der Waals surface area contributed by atoms with Crippen LogP contribution >= 0.6 is 47.8 Å². The molecule has 0 N–H and O–H groups in total. The molecule has 0 unspecified atom stereocenters. The lowest BCUT2D eigenvalue weighted by Gasteiger charge is -2.34. The second-order valence-corrected chi connectivity index (χ2v) is 6.78. The van der Waals surface area contributed by atoms with Gasteiger partial charge in [0.25, 0.3) is 0 Å². The Bertz CT molecular complexity index is 353. The van der Waals surface area contributed by atoms with Crippen LogP contribution in [0, 0.1) is 17.2 Å². The highest BCUT2D eigenvalue weighted by Gasteiger charge is 2.32. The Morgan fingerprint density at radius 2 is 1.76 bits per heavy atom. The highest BCUT2D eigenvalue weighted by Crippen LogP contribution is 2.36. The van der Waals surface area contributed by atoms with Crippen LogP contribution in [0.15, 0.2) is 22.7 Å². The normalized spacial score (nSPS) is 12.2. The zero-order valence-corrected chi connectivity index (χ0v) is 14.7. The summed E-state index contributed by atoms with van der Waals surface area (Å²) in [5.41, 5.74) is 1.15. The Morgan fingerprint density at radius 1 is 1.18 bits per heavy atom. The SMILES string of the molecule is CC(C)C(CBr)(CBr)Cc1cc(F)cc(Br)c1. The number of alkyl halides is 2. The van der Waals surface area contributed by atoms with Crippen LogP contribution in [0.2, 0.25) is 0 Å². The third-order valence-corrected chi connectivity index (χ3v) is 5.93. The molecule has 0 amide bonds. The summed E-state index contributed by atoms with van der Waals surface area (Å²) in [6, 6.07) is 5.10. The molecule has 0 heterocycles. The van der Waals surface area contributed by atoms with E-state index in [-0.39, 0.29) is 11.2 Å². The molecule has 0 aliphatic rings. The molecule has 0 nitrogen and oxygen atoms in total. The van der Waals surface area contributed by atoms with Crippen molar-refractivity contribution >= 4 is 47.8 Å². The highest BCUT2D eigenvalue weighted by atomic mass is 79.9. The lowest BCUT2D eigenvalue weighted by molar-refractivity contribution is 0.267. The molecule has 17 heavy (non-hydrogen) atoms. The van der Waals surface area contributed by atoms with Gasteiger partial charge in [-0.05, 0) is 41.5 Å². The average Bonchev–Trinajstić information content (AvgIpc) is 2.24. The van der Waals surface area contributed by atoms with Gasteiger partial charge in [-0.3, -0.25) is 0 Å². The van der Waals surface area contributed by atoms with Gasteiger partial charge < -0.3 is 0 Å². The first-order valence-corrected chi connectivity index (χ1v) is 8.54. The van der Waals surface area contributed by atoms with Crippen molar-refractivity contribution in [2.75, 3.05) is 10.7 Å². The molecule has 96 valence electrons. The van der Waals surface area contributed by atoms with E-state index >= 15 is 0 Å². The third kappa shape index (κ3) is 4.03. The molecule has 0 radical (unpaired) electrons. The van der Waals surface area contributed by atoms with Gasteiger partial charge in [-0.15, -0.1) is 0 Å². The van der Waals surface area contributed by atoms with Crippen LogP contribution in [0.25, 0.3) is 0 Å². The number of hydrogen-bond acceptors (Lipinski definition) is 0. The van der Waals surface area contributed by atoms with Crippen molar-refractivity contribution in [2.45, 2.75) is 20.3 Å². The fourth-order valence-corrected chi connectivity index (χ4v) is 4.90. The molecule has 0 saturated heterocycles. The molecule has 1 aromatic rings. The largest absolute Gasteiger partial charge is 0.207 e. The maximum atomic E-state index is 13.4. The fraction of sp³-hybridized carbons (Fsp3) is 0.538. The quantitative estimate of drug-likeness (QED) is 0.536. The van der Waals surface area contributed by atoms with E-state index in [0.717, 1.165) is 27.1 Å². The van der Waals surface area contributed by atoms with E-state index in [1.165, 1.54) is 6.07 Å². The number of hydrogen-bond donors (Lipinski definition) is 0. The summed E-state index contributed by atoms with van der Waals surface area (Å²) >= 11 is 10.5. The van der Waals surface area contributed by atoms with Crippen molar-refractivity contribution in [1.82, 2.24) is 0 Å². The van der Waals surface area contributed by atoms with Crippen LogP contribution in [0.5, 0.6) is 0 Å². The zero-order chi connectivity index (χ0) is 13.1. The molecule has 0 fully saturated rings. The maximum Gasteiger partial charge on any atom is 0.124 e. The van der Waals surface area contributed by atoms with E-state index in [1.54, 1.807) is 6.07 Å². The van der Waals surface area contributed by atoms with Crippen molar-refractivity contribution in [3.8, 4) is 0 Å². The van der Waals surface area contributed by atoms with E-state index in [4.69, 9.17) is 0 Å². The molecule has 4 heteroatoms.